The predicted molar refractivity (Wildman–Crippen MR) is 106 cm³/mol. The van der Waals surface area contributed by atoms with E-state index in [2.05, 4.69) is 48.7 Å². The normalized spacial score (nSPS) is 11.8. The molecule has 0 aliphatic rings. The summed E-state index contributed by atoms with van der Waals surface area (Å²) in [5.41, 5.74) is 0. The maximum Gasteiger partial charge on any atom is 0.407 e. The Morgan fingerprint density at radius 2 is 1.52 bits per heavy atom. The van der Waals surface area contributed by atoms with Gasteiger partial charge in [0.25, 0.3) is 0 Å². The number of allylic oxidation sites excluding steroid dienone is 6. The Bertz CT molecular complexity index is 375. The summed E-state index contributed by atoms with van der Waals surface area (Å²) in [7, 11) is 0. The molecule has 0 bridgehead atoms. The van der Waals surface area contributed by atoms with E-state index in [-0.39, 0.29) is 19.3 Å². The fourth-order valence-electron chi connectivity index (χ4n) is 2.21. The maximum atomic E-state index is 11.2. The summed E-state index contributed by atoms with van der Waals surface area (Å²) in [6.45, 7) is 3.15. The third-order valence-corrected chi connectivity index (χ3v) is 3.63. The summed E-state index contributed by atoms with van der Waals surface area (Å²) in [5, 5.41) is 11.3. The van der Waals surface area contributed by atoms with Crippen LogP contribution in [0.5, 0.6) is 0 Å². The fraction of sp³-hybridized carbons (Fsp3) is 0.667. The van der Waals surface area contributed by atoms with Crippen molar-refractivity contribution in [3.8, 4) is 0 Å². The van der Waals surface area contributed by atoms with Gasteiger partial charge in [0.1, 0.15) is 0 Å². The first kappa shape index (κ1) is 23.4. The minimum absolute atomic E-state index is 0.0514. The minimum Gasteiger partial charge on any atom is -0.449 e. The van der Waals surface area contributed by atoms with Gasteiger partial charge in [0.2, 0.25) is 0 Å². The van der Waals surface area contributed by atoms with Gasteiger partial charge in [-0.2, -0.15) is 0 Å². The topological polar surface area (TPSA) is 58.6 Å². The van der Waals surface area contributed by atoms with Crippen LogP contribution in [-0.4, -0.2) is 31.0 Å². The lowest BCUT2D eigenvalue weighted by Gasteiger charge is -2.06. The molecule has 0 saturated heterocycles. The van der Waals surface area contributed by atoms with E-state index in [9.17, 15) is 4.79 Å². The van der Waals surface area contributed by atoms with E-state index >= 15 is 0 Å². The lowest BCUT2D eigenvalue weighted by atomic mass is 10.1. The van der Waals surface area contributed by atoms with Crippen LogP contribution in [0.1, 0.15) is 71.1 Å². The maximum absolute atomic E-state index is 11.2. The summed E-state index contributed by atoms with van der Waals surface area (Å²) >= 11 is 0. The Morgan fingerprint density at radius 3 is 2.24 bits per heavy atom. The van der Waals surface area contributed by atoms with Crippen molar-refractivity contribution < 1.29 is 14.6 Å². The van der Waals surface area contributed by atoms with Crippen LogP contribution in [0, 0.1) is 0 Å². The van der Waals surface area contributed by atoms with Gasteiger partial charge in [-0.1, -0.05) is 62.6 Å². The Kier molecular flexibility index (Phi) is 19.2. The number of aliphatic hydroxyl groups is 1. The van der Waals surface area contributed by atoms with Gasteiger partial charge in [-0.05, 0) is 38.5 Å². The zero-order chi connectivity index (χ0) is 18.4. The molecule has 0 heterocycles. The molecule has 0 aliphatic heterocycles. The van der Waals surface area contributed by atoms with Gasteiger partial charge < -0.3 is 15.2 Å². The third-order valence-electron chi connectivity index (χ3n) is 3.63. The molecule has 0 radical (unpaired) electrons. The molecule has 0 aromatic carbocycles. The molecule has 1 amide bonds. The van der Waals surface area contributed by atoms with E-state index in [0.717, 1.165) is 38.5 Å². The smallest absolute Gasteiger partial charge is 0.407 e. The molecule has 0 aromatic heterocycles. The summed E-state index contributed by atoms with van der Waals surface area (Å²) < 4.78 is 4.88. The number of ether oxygens (including phenoxy) is 1. The molecule has 144 valence electrons. The van der Waals surface area contributed by atoms with Crippen LogP contribution in [0.15, 0.2) is 36.5 Å². The van der Waals surface area contributed by atoms with Crippen LogP contribution in [-0.2, 0) is 4.74 Å². The van der Waals surface area contributed by atoms with Gasteiger partial charge in [0, 0.05) is 19.6 Å². The molecular formula is C21H37NO3. The number of nitrogens with one attached hydrogen (secondary N) is 1. The highest BCUT2D eigenvalue weighted by Gasteiger charge is 1.99. The Balaban J connectivity index is 3.26. The average molecular weight is 352 g/mol. The van der Waals surface area contributed by atoms with Gasteiger partial charge in [-0.15, -0.1) is 0 Å². The van der Waals surface area contributed by atoms with Crippen molar-refractivity contribution in [1.82, 2.24) is 5.32 Å². The highest BCUT2D eigenvalue weighted by molar-refractivity contribution is 5.66. The van der Waals surface area contributed by atoms with Crippen LogP contribution < -0.4 is 5.32 Å². The quantitative estimate of drug-likeness (QED) is 0.293. The predicted octanol–water partition coefficient (Wildman–Crippen LogP) is 5.29. The standard InChI is InChI=1S/C21H37NO3/c1-2-3-4-5-6-7-8-9-10-11-12-13-14-15-16-18-22-21(24)25-20-17-19-23/h3-4,6-7,9-10,23H,2,5,8,11-20H2,1H3,(H,22,24). The summed E-state index contributed by atoms with van der Waals surface area (Å²) in [6, 6.07) is 0. The number of amides is 1. The number of alkyl carbamates (subject to hydrolysis) is 1. The Hall–Kier alpha value is -1.55. The number of carbonyl (C=O) groups is 1. The SMILES string of the molecule is CCC=CCC=CCC=CCCCCCCCNC(=O)OCCCO. The zero-order valence-corrected chi connectivity index (χ0v) is 15.9. The van der Waals surface area contributed by atoms with Crippen molar-refractivity contribution >= 4 is 6.09 Å². The van der Waals surface area contributed by atoms with Gasteiger partial charge in [0.05, 0.1) is 6.61 Å². The lowest BCUT2D eigenvalue weighted by molar-refractivity contribution is 0.135. The summed E-state index contributed by atoms with van der Waals surface area (Å²) in [6.07, 6.45) is 23.6. The fourth-order valence-corrected chi connectivity index (χ4v) is 2.21. The minimum atomic E-state index is -0.381. The molecule has 0 rings (SSSR count). The third kappa shape index (κ3) is 20.4. The number of hydrogen-bond acceptors (Lipinski definition) is 3. The van der Waals surface area contributed by atoms with Crippen molar-refractivity contribution in [3.05, 3.63) is 36.5 Å². The van der Waals surface area contributed by atoms with Crippen LogP contribution in [0.2, 0.25) is 0 Å². The first-order valence-electron chi connectivity index (χ1n) is 9.77. The number of unbranched alkanes of at least 4 members (excludes halogenated alkanes) is 5. The second-order valence-electron chi connectivity index (χ2n) is 5.99. The van der Waals surface area contributed by atoms with E-state index in [4.69, 9.17) is 9.84 Å². The lowest BCUT2D eigenvalue weighted by Crippen LogP contribution is -2.25. The molecule has 0 saturated carbocycles. The van der Waals surface area contributed by atoms with Crippen LogP contribution in [0.4, 0.5) is 4.79 Å². The van der Waals surface area contributed by atoms with Gasteiger partial charge in [-0.3, -0.25) is 0 Å². The molecule has 0 atom stereocenters. The number of rotatable bonds is 16. The van der Waals surface area contributed by atoms with Crippen LogP contribution in [0.25, 0.3) is 0 Å². The molecular weight excluding hydrogens is 314 g/mol. The van der Waals surface area contributed by atoms with E-state index in [1.54, 1.807) is 0 Å². The number of hydrogen-bond donors (Lipinski definition) is 2. The molecule has 0 fully saturated rings. The van der Waals surface area contributed by atoms with Crippen molar-refractivity contribution in [3.63, 3.8) is 0 Å². The van der Waals surface area contributed by atoms with E-state index in [1.807, 2.05) is 0 Å². The van der Waals surface area contributed by atoms with Crippen molar-refractivity contribution in [2.45, 2.75) is 71.1 Å². The number of aliphatic hydroxyl groups excluding tert-OH is 1. The zero-order valence-electron chi connectivity index (χ0n) is 15.9. The second-order valence-corrected chi connectivity index (χ2v) is 5.99. The Labute approximate surface area is 154 Å². The van der Waals surface area contributed by atoms with Crippen molar-refractivity contribution in [2.24, 2.45) is 0 Å². The first-order chi connectivity index (χ1) is 12.3. The van der Waals surface area contributed by atoms with E-state index in [1.165, 1.54) is 19.3 Å². The molecule has 25 heavy (non-hydrogen) atoms. The monoisotopic (exact) mass is 351 g/mol. The molecule has 0 aliphatic carbocycles. The second kappa shape index (κ2) is 20.5. The van der Waals surface area contributed by atoms with E-state index in [0.29, 0.717) is 13.0 Å². The Morgan fingerprint density at radius 1 is 0.880 bits per heavy atom. The average Bonchev–Trinajstić information content (AvgIpc) is 2.61. The number of carbonyl (C=O) groups excluding carboxylic acids is 1. The van der Waals surface area contributed by atoms with Crippen LogP contribution in [0.3, 0.4) is 0 Å². The molecule has 2 N–H and O–H groups in total. The highest BCUT2D eigenvalue weighted by atomic mass is 16.5. The van der Waals surface area contributed by atoms with Gasteiger partial charge >= 0.3 is 6.09 Å². The molecule has 4 nitrogen and oxygen atoms in total. The summed E-state index contributed by atoms with van der Waals surface area (Å²) in [5.74, 6) is 0. The molecule has 0 unspecified atom stereocenters. The van der Waals surface area contributed by atoms with Crippen molar-refractivity contribution in [2.75, 3.05) is 19.8 Å². The van der Waals surface area contributed by atoms with Gasteiger partial charge in [-0.25, -0.2) is 4.79 Å². The molecule has 0 aromatic rings. The first-order valence-corrected chi connectivity index (χ1v) is 9.77. The largest absolute Gasteiger partial charge is 0.449 e. The molecule has 4 heteroatoms. The van der Waals surface area contributed by atoms with Crippen LogP contribution >= 0.6 is 0 Å². The summed E-state index contributed by atoms with van der Waals surface area (Å²) in [4.78, 5) is 11.2. The van der Waals surface area contributed by atoms with Gasteiger partial charge in [0.15, 0.2) is 0 Å². The van der Waals surface area contributed by atoms with Crippen molar-refractivity contribution in [1.29, 1.82) is 0 Å². The highest BCUT2D eigenvalue weighted by Crippen LogP contribution is 2.06. The van der Waals surface area contributed by atoms with E-state index < -0.39 is 0 Å². The molecule has 0 spiro atoms.